The molecule has 0 aliphatic carbocycles. The van der Waals surface area contributed by atoms with E-state index < -0.39 is 0 Å². The van der Waals surface area contributed by atoms with Crippen molar-refractivity contribution in [3.8, 4) is 5.75 Å². The van der Waals surface area contributed by atoms with Gasteiger partial charge in [-0.3, -0.25) is 4.79 Å². The number of carbonyl (C=O) groups excluding carboxylic acids is 1. The van der Waals surface area contributed by atoms with Gasteiger partial charge in [-0.25, -0.2) is 0 Å². The molecule has 1 atom stereocenters. The van der Waals surface area contributed by atoms with E-state index in [1.54, 1.807) is 0 Å². The largest absolute Gasteiger partial charge is 0.489 e. The first-order valence-electron chi connectivity index (χ1n) is 6.38. The van der Waals surface area contributed by atoms with E-state index in [4.69, 9.17) is 4.74 Å². The number of likely N-dealkylation sites (N-methyl/N-ethyl adjacent to an activating group) is 1. The molecule has 4 heteroatoms. The molecule has 1 aromatic rings. The lowest BCUT2D eigenvalue weighted by Crippen LogP contribution is -2.45. The van der Waals surface area contributed by atoms with Gasteiger partial charge in [0.1, 0.15) is 17.5 Å². The molecular weight excluding hydrogens is 228 g/mol. The monoisotopic (exact) mass is 248 g/mol. The van der Waals surface area contributed by atoms with Gasteiger partial charge in [0.05, 0.1) is 11.8 Å². The van der Waals surface area contributed by atoms with Gasteiger partial charge in [-0.2, -0.15) is 0 Å². The number of hydrogen-bond donors (Lipinski definition) is 1. The Kier molecular flexibility index (Phi) is 3.45. The van der Waals surface area contributed by atoms with Crippen molar-refractivity contribution in [2.75, 3.05) is 17.3 Å². The number of para-hydroxylation sites is 1. The van der Waals surface area contributed by atoms with Crippen LogP contribution in [0.25, 0.3) is 0 Å². The highest BCUT2D eigenvalue weighted by molar-refractivity contribution is 6.05. The molecular formula is C14H20N2O2. The van der Waals surface area contributed by atoms with Gasteiger partial charge in [0, 0.05) is 7.05 Å². The van der Waals surface area contributed by atoms with Crippen molar-refractivity contribution >= 4 is 17.3 Å². The lowest BCUT2D eigenvalue weighted by molar-refractivity contribution is -0.117. The average Bonchev–Trinajstić information content (AvgIpc) is 2.30. The average molecular weight is 248 g/mol. The quantitative estimate of drug-likeness (QED) is 0.894. The molecule has 18 heavy (non-hydrogen) atoms. The fourth-order valence-corrected chi connectivity index (χ4v) is 2.30. The van der Waals surface area contributed by atoms with Gasteiger partial charge < -0.3 is 15.0 Å². The highest BCUT2D eigenvalue weighted by Crippen LogP contribution is 2.39. The first kappa shape index (κ1) is 12.7. The predicted molar refractivity (Wildman–Crippen MR) is 73.3 cm³/mol. The summed E-state index contributed by atoms with van der Waals surface area (Å²) in [6.45, 7) is 5.96. The lowest BCUT2D eigenvalue weighted by atomic mass is 10.1. The first-order valence-corrected chi connectivity index (χ1v) is 6.38. The predicted octanol–water partition coefficient (Wildman–Crippen LogP) is 2.64. The number of anilines is 2. The summed E-state index contributed by atoms with van der Waals surface area (Å²) in [4.78, 5) is 14.0. The third kappa shape index (κ3) is 2.15. The molecule has 1 aliphatic heterocycles. The number of hydrogen-bond acceptors (Lipinski definition) is 3. The van der Waals surface area contributed by atoms with Crippen molar-refractivity contribution in [3.05, 3.63) is 18.2 Å². The van der Waals surface area contributed by atoms with Gasteiger partial charge in [-0.15, -0.1) is 0 Å². The molecule has 1 amide bonds. The SMILES string of the molecule is CCC1C(=O)Nc2c(OC(C)C)cccc2N1C. The van der Waals surface area contributed by atoms with Crippen LogP contribution in [-0.2, 0) is 4.79 Å². The maximum absolute atomic E-state index is 12.0. The van der Waals surface area contributed by atoms with E-state index in [-0.39, 0.29) is 18.1 Å². The van der Waals surface area contributed by atoms with Gasteiger partial charge >= 0.3 is 0 Å². The third-order valence-corrected chi connectivity index (χ3v) is 3.15. The van der Waals surface area contributed by atoms with Crippen LogP contribution in [0.4, 0.5) is 11.4 Å². The Morgan fingerprint density at radius 2 is 2.17 bits per heavy atom. The van der Waals surface area contributed by atoms with Crippen molar-refractivity contribution < 1.29 is 9.53 Å². The van der Waals surface area contributed by atoms with Gasteiger partial charge in [-0.1, -0.05) is 13.0 Å². The molecule has 0 spiro atoms. The number of carbonyl (C=O) groups is 1. The summed E-state index contributed by atoms with van der Waals surface area (Å²) in [5, 5.41) is 2.96. The van der Waals surface area contributed by atoms with Crippen molar-refractivity contribution in [1.29, 1.82) is 0 Å². The van der Waals surface area contributed by atoms with Crippen LogP contribution in [0.2, 0.25) is 0 Å². The molecule has 2 rings (SSSR count). The Hall–Kier alpha value is -1.71. The minimum absolute atomic E-state index is 0.0345. The van der Waals surface area contributed by atoms with E-state index in [9.17, 15) is 4.79 Å². The normalized spacial score (nSPS) is 18.6. The standard InChI is InChI=1S/C14H20N2O2/c1-5-10-14(17)15-13-11(16(10)4)7-6-8-12(13)18-9(2)3/h6-10H,5H2,1-4H3,(H,15,17). The topological polar surface area (TPSA) is 41.6 Å². The maximum Gasteiger partial charge on any atom is 0.247 e. The van der Waals surface area contributed by atoms with Crippen molar-refractivity contribution in [3.63, 3.8) is 0 Å². The third-order valence-electron chi connectivity index (χ3n) is 3.15. The number of nitrogens with one attached hydrogen (secondary N) is 1. The van der Waals surface area contributed by atoms with Crippen LogP contribution in [-0.4, -0.2) is 25.1 Å². The molecule has 1 aliphatic rings. The number of amides is 1. The molecule has 0 radical (unpaired) electrons. The summed E-state index contributed by atoms with van der Waals surface area (Å²) < 4.78 is 5.74. The number of benzene rings is 1. The van der Waals surface area contributed by atoms with Crippen molar-refractivity contribution in [2.24, 2.45) is 0 Å². The molecule has 4 nitrogen and oxygen atoms in total. The minimum Gasteiger partial charge on any atom is -0.489 e. The van der Waals surface area contributed by atoms with Crippen molar-refractivity contribution in [1.82, 2.24) is 0 Å². The smallest absolute Gasteiger partial charge is 0.247 e. The molecule has 0 fully saturated rings. The minimum atomic E-state index is -0.105. The molecule has 1 aromatic carbocycles. The van der Waals surface area contributed by atoms with Crippen LogP contribution in [0.1, 0.15) is 27.2 Å². The number of nitrogens with zero attached hydrogens (tertiary/aromatic N) is 1. The number of fused-ring (bicyclic) bond motifs is 1. The molecule has 1 unspecified atom stereocenters. The highest BCUT2D eigenvalue weighted by atomic mass is 16.5. The van der Waals surface area contributed by atoms with E-state index in [1.807, 2.05) is 50.9 Å². The summed E-state index contributed by atoms with van der Waals surface area (Å²) in [6, 6.07) is 5.74. The van der Waals surface area contributed by atoms with E-state index in [0.717, 1.165) is 23.5 Å². The van der Waals surface area contributed by atoms with Gasteiger partial charge in [0.25, 0.3) is 0 Å². The van der Waals surface area contributed by atoms with Gasteiger partial charge in [0.15, 0.2) is 0 Å². The fourth-order valence-electron chi connectivity index (χ4n) is 2.30. The van der Waals surface area contributed by atoms with Crippen LogP contribution in [0.3, 0.4) is 0 Å². The zero-order valence-electron chi connectivity index (χ0n) is 11.4. The summed E-state index contributed by atoms with van der Waals surface area (Å²) in [7, 11) is 1.95. The van der Waals surface area contributed by atoms with E-state index in [2.05, 4.69) is 5.32 Å². The van der Waals surface area contributed by atoms with Gasteiger partial charge in [-0.05, 0) is 32.4 Å². The van der Waals surface area contributed by atoms with Gasteiger partial charge in [0.2, 0.25) is 5.91 Å². The summed E-state index contributed by atoms with van der Waals surface area (Å²) in [6.07, 6.45) is 0.874. The molecule has 0 saturated carbocycles. The Bertz CT molecular complexity index is 457. The van der Waals surface area contributed by atoms with E-state index >= 15 is 0 Å². The summed E-state index contributed by atoms with van der Waals surface area (Å²) in [5.41, 5.74) is 1.79. The number of ether oxygens (including phenoxy) is 1. The molecule has 0 bridgehead atoms. The Balaban J connectivity index is 2.42. The highest BCUT2D eigenvalue weighted by Gasteiger charge is 2.30. The Morgan fingerprint density at radius 3 is 2.78 bits per heavy atom. The zero-order chi connectivity index (χ0) is 13.3. The van der Waals surface area contributed by atoms with Crippen LogP contribution >= 0.6 is 0 Å². The fraction of sp³-hybridized carbons (Fsp3) is 0.500. The molecule has 0 saturated heterocycles. The zero-order valence-corrected chi connectivity index (χ0v) is 11.4. The van der Waals surface area contributed by atoms with Crippen LogP contribution in [0, 0.1) is 0 Å². The second kappa shape index (κ2) is 4.88. The van der Waals surface area contributed by atoms with E-state index in [1.165, 1.54) is 0 Å². The van der Waals surface area contributed by atoms with Crippen molar-refractivity contribution in [2.45, 2.75) is 39.3 Å². The van der Waals surface area contributed by atoms with Crippen LogP contribution < -0.4 is 15.0 Å². The molecule has 1 heterocycles. The Labute approximate surface area is 108 Å². The van der Waals surface area contributed by atoms with E-state index in [0.29, 0.717) is 0 Å². The second-order valence-corrected chi connectivity index (χ2v) is 4.84. The second-order valence-electron chi connectivity index (χ2n) is 4.84. The summed E-state index contributed by atoms with van der Waals surface area (Å²) in [5.74, 6) is 0.768. The maximum atomic E-state index is 12.0. The number of rotatable bonds is 3. The molecule has 0 aromatic heterocycles. The summed E-state index contributed by atoms with van der Waals surface area (Å²) >= 11 is 0. The van der Waals surface area contributed by atoms with Crippen LogP contribution in [0.15, 0.2) is 18.2 Å². The first-order chi connectivity index (χ1) is 8.54. The Morgan fingerprint density at radius 1 is 1.44 bits per heavy atom. The van der Waals surface area contributed by atoms with Crippen LogP contribution in [0.5, 0.6) is 5.75 Å². The molecule has 1 N–H and O–H groups in total. The lowest BCUT2D eigenvalue weighted by Gasteiger charge is -2.35. The molecule has 98 valence electrons.